The fraction of sp³-hybridized carbons (Fsp3) is 0.438. The maximum absolute atomic E-state index is 10.4. The van der Waals surface area contributed by atoms with Crippen molar-refractivity contribution >= 4 is 10.9 Å². The van der Waals surface area contributed by atoms with E-state index in [-0.39, 0.29) is 0 Å². The van der Waals surface area contributed by atoms with E-state index in [4.69, 9.17) is 0 Å². The minimum atomic E-state index is 0.335. The van der Waals surface area contributed by atoms with Gasteiger partial charge in [-0.2, -0.15) is 4.57 Å². The zero-order valence-corrected chi connectivity index (χ0v) is 11.9. The number of benzene rings is 1. The van der Waals surface area contributed by atoms with Crippen LogP contribution in [0.3, 0.4) is 0 Å². The third-order valence-electron chi connectivity index (χ3n) is 3.48. The Morgan fingerprint density at radius 2 is 1.83 bits per heavy atom. The fourth-order valence-corrected chi connectivity index (χ4v) is 2.48. The van der Waals surface area contributed by atoms with Crippen molar-refractivity contribution in [3.8, 4) is 5.75 Å². The highest BCUT2D eigenvalue weighted by atomic mass is 16.3. The fourth-order valence-electron chi connectivity index (χ4n) is 2.48. The molecule has 0 saturated carbocycles. The Morgan fingerprint density at radius 3 is 2.39 bits per heavy atom. The molecule has 2 aromatic rings. The topological polar surface area (TPSA) is 24.1 Å². The van der Waals surface area contributed by atoms with E-state index in [1.165, 1.54) is 5.56 Å². The molecule has 0 saturated heterocycles. The molecule has 0 aliphatic rings. The van der Waals surface area contributed by atoms with Crippen LogP contribution in [0.4, 0.5) is 0 Å². The highest BCUT2D eigenvalue weighted by Gasteiger charge is 2.21. The van der Waals surface area contributed by atoms with E-state index < -0.39 is 0 Å². The summed E-state index contributed by atoms with van der Waals surface area (Å²) in [6.45, 7) is 10.6. The first-order valence-electron chi connectivity index (χ1n) is 6.59. The van der Waals surface area contributed by atoms with Crippen molar-refractivity contribution in [2.24, 2.45) is 0 Å². The summed E-state index contributed by atoms with van der Waals surface area (Å²) >= 11 is 0. The second kappa shape index (κ2) is 4.60. The molecule has 18 heavy (non-hydrogen) atoms. The summed E-state index contributed by atoms with van der Waals surface area (Å²) in [6.07, 6.45) is 2.04. The number of hydrogen-bond acceptors (Lipinski definition) is 1. The van der Waals surface area contributed by atoms with Gasteiger partial charge in [-0.15, -0.1) is 0 Å². The van der Waals surface area contributed by atoms with Gasteiger partial charge in [0, 0.05) is 6.07 Å². The Kier molecular flexibility index (Phi) is 3.29. The average Bonchev–Trinajstić information content (AvgIpc) is 2.32. The quantitative estimate of drug-likeness (QED) is 0.797. The van der Waals surface area contributed by atoms with Gasteiger partial charge in [0.25, 0.3) is 5.52 Å². The molecule has 0 spiro atoms. The standard InChI is InChI=1S/C16H21NO/c1-10(2)14-9-12(5)16(18)15-13(14)7-6-8-17(15)11(3)4/h6-11H,1-5H3/p+1. The molecular weight excluding hydrogens is 222 g/mol. The molecule has 0 atom stereocenters. The van der Waals surface area contributed by atoms with Gasteiger partial charge in [0.1, 0.15) is 0 Å². The average molecular weight is 244 g/mol. The number of pyridine rings is 1. The smallest absolute Gasteiger partial charge is 0.255 e. The van der Waals surface area contributed by atoms with Gasteiger partial charge in [-0.25, -0.2) is 0 Å². The molecule has 2 rings (SSSR count). The number of phenols is 1. The normalized spacial score (nSPS) is 11.7. The maximum atomic E-state index is 10.4. The van der Waals surface area contributed by atoms with E-state index in [1.54, 1.807) is 0 Å². The molecule has 1 aromatic heterocycles. The summed E-state index contributed by atoms with van der Waals surface area (Å²) in [5, 5.41) is 11.5. The summed E-state index contributed by atoms with van der Waals surface area (Å²) in [7, 11) is 0. The number of phenolic OH excluding ortho intramolecular Hbond substituents is 1. The van der Waals surface area contributed by atoms with Crippen LogP contribution in [0.2, 0.25) is 0 Å². The molecule has 0 radical (unpaired) electrons. The first-order valence-corrected chi connectivity index (χ1v) is 6.59. The van der Waals surface area contributed by atoms with Gasteiger partial charge in [0.15, 0.2) is 18.0 Å². The molecular formula is C16H22NO+. The summed E-state index contributed by atoms with van der Waals surface area (Å²) in [5.74, 6) is 0.860. The molecule has 2 nitrogen and oxygen atoms in total. The van der Waals surface area contributed by atoms with Crippen LogP contribution in [-0.4, -0.2) is 5.11 Å². The van der Waals surface area contributed by atoms with Crippen molar-refractivity contribution in [1.82, 2.24) is 0 Å². The minimum absolute atomic E-state index is 0.335. The number of aromatic nitrogens is 1. The molecule has 0 amide bonds. The lowest BCUT2D eigenvalue weighted by atomic mass is 9.95. The third-order valence-corrected chi connectivity index (χ3v) is 3.48. The molecule has 96 valence electrons. The summed E-state index contributed by atoms with van der Waals surface area (Å²) < 4.78 is 2.14. The number of hydrogen-bond donors (Lipinski definition) is 1. The Morgan fingerprint density at radius 1 is 1.17 bits per heavy atom. The van der Waals surface area contributed by atoms with Crippen LogP contribution in [0.15, 0.2) is 24.4 Å². The SMILES string of the molecule is Cc1cc(C(C)C)c2ccc[n+](C(C)C)c2c1O. The van der Waals surface area contributed by atoms with Crippen LogP contribution in [-0.2, 0) is 0 Å². The highest BCUT2D eigenvalue weighted by molar-refractivity contribution is 5.86. The second-order valence-electron chi connectivity index (χ2n) is 5.56. The molecule has 0 bridgehead atoms. The van der Waals surface area contributed by atoms with Crippen LogP contribution in [0, 0.1) is 6.92 Å². The summed E-state index contributed by atoms with van der Waals surface area (Å²) in [6, 6.07) is 6.60. The maximum Gasteiger partial charge on any atom is 0.255 e. The lowest BCUT2D eigenvalue weighted by Crippen LogP contribution is -2.36. The van der Waals surface area contributed by atoms with Gasteiger partial charge in [-0.3, -0.25) is 0 Å². The van der Waals surface area contributed by atoms with E-state index in [9.17, 15) is 5.11 Å². The predicted octanol–water partition coefficient (Wildman–Crippen LogP) is 3.85. The number of fused-ring (bicyclic) bond motifs is 1. The van der Waals surface area contributed by atoms with E-state index in [0.717, 1.165) is 16.5 Å². The van der Waals surface area contributed by atoms with Gasteiger partial charge in [0.05, 0.1) is 5.39 Å². The predicted molar refractivity (Wildman–Crippen MR) is 75.0 cm³/mol. The Hall–Kier alpha value is -1.57. The summed E-state index contributed by atoms with van der Waals surface area (Å²) in [5.41, 5.74) is 3.21. The number of aromatic hydroxyl groups is 1. The van der Waals surface area contributed by atoms with Crippen molar-refractivity contribution in [1.29, 1.82) is 0 Å². The van der Waals surface area contributed by atoms with Crippen molar-refractivity contribution < 1.29 is 9.67 Å². The van der Waals surface area contributed by atoms with E-state index >= 15 is 0 Å². The second-order valence-corrected chi connectivity index (χ2v) is 5.56. The molecule has 1 heterocycles. The Bertz CT molecular complexity index is 579. The monoisotopic (exact) mass is 244 g/mol. The molecule has 0 fully saturated rings. The van der Waals surface area contributed by atoms with Crippen molar-refractivity contribution in [3.05, 3.63) is 35.5 Å². The van der Waals surface area contributed by atoms with E-state index in [2.05, 4.69) is 50.5 Å². The van der Waals surface area contributed by atoms with Gasteiger partial charge in [-0.05, 0) is 43.9 Å². The highest BCUT2D eigenvalue weighted by Crippen LogP contribution is 2.32. The molecule has 1 aromatic carbocycles. The van der Waals surface area contributed by atoms with Crippen LogP contribution in [0.5, 0.6) is 5.75 Å². The van der Waals surface area contributed by atoms with Crippen LogP contribution < -0.4 is 4.57 Å². The zero-order chi connectivity index (χ0) is 13.4. The molecule has 0 aliphatic heterocycles. The summed E-state index contributed by atoms with van der Waals surface area (Å²) in [4.78, 5) is 0. The lowest BCUT2D eigenvalue weighted by molar-refractivity contribution is -0.691. The van der Waals surface area contributed by atoms with Crippen LogP contribution in [0.1, 0.15) is 50.8 Å². The first-order chi connectivity index (χ1) is 8.43. The number of rotatable bonds is 2. The lowest BCUT2D eigenvalue weighted by Gasteiger charge is -2.13. The molecule has 1 N–H and O–H groups in total. The zero-order valence-electron chi connectivity index (χ0n) is 11.9. The van der Waals surface area contributed by atoms with Gasteiger partial charge in [-0.1, -0.05) is 19.9 Å². The molecule has 0 unspecified atom stereocenters. The largest absolute Gasteiger partial charge is 0.502 e. The number of aryl methyl sites for hydroxylation is 1. The molecule has 0 aliphatic carbocycles. The minimum Gasteiger partial charge on any atom is -0.502 e. The van der Waals surface area contributed by atoms with Gasteiger partial charge < -0.3 is 5.11 Å². The first kappa shape index (κ1) is 12.9. The van der Waals surface area contributed by atoms with Crippen molar-refractivity contribution in [2.75, 3.05) is 0 Å². The van der Waals surface area contributed by atoms with E-state index in [1.807, 2.05) is 13.1 Å². The molecule has 2 heteroatoms. The Labute approximate surface area is 109 Å². The van der Waals surface area contributed by atoms with Crippen molar-refractivity contribution in [3.63, 3.8) is 0 Å². The Balaban J connectivity index is 2.93. The van der Waals surface area contributed by atoms with E-state index in [0.29, 0.717) is 17.7 Å². The van der Waals surface area contributed by atoms with Crippen LogP contribution in [0.25, 0.3) is 10.9 Å². The third kappa shape index (κ3) is 1.96. The van der Waals surface area contributed by atoms with Gasteiger partial charge >= 0.3 is 0 Å². The van der Waals surface area contributed by atoms with Crippen LogP contribution >= 0.6 is 0 Å². The number of nitrogens with zero attached hydrogens (tertiary/aromatic N) is 1. The van der Waals surface area contributed by atoms with Gasteiger partial charge in [0.2, 0.25) is 0 Å². The van der Waals surface area contributed by atoms with Crippen molar-refractivity contribution in [2.45, 2.75) is 46.6 Å².